The van der Waals surface area contributed by atoms with Crippen molar-refractivity contribution in [2.75, 3.05) is 6.61 Å². The Bertz CT molecular complexity index is 373. The molecule has 1 amide bonds. The molecule has 0 aliphatic carbocycles. The number of aromatic hydroxyl groups is 1. The van der Waals surface area contributed by atoms with Gasteiger partial charge in [0.05, 0.1) is 12.6 Å². The summed E-state index contributed by atoms with van der Waals surface area (Å²) in [6.07, 6.45) is 0.667. The number of rotatable bonds is 4. The maximum absolute atomic E-state index is 11.8. The summed E-state index contributed by atoms with van der Waals surface area (Å²) < 4.78 is 0. The summed E-state index contributed by atoms with van der Waals surface area (Å²) in [4.78, 5) is 11.8. The van der Waals surface area contributed by atoms with Gasteiger partial charge in [-0.05, 0) is 25.5 Å². The number of aliphatic hydroxyl groups excluding tert-OH is 1. The van der Waals surface area contributed by atoms with E-state index < -0.39 is 0 Å². The molecule has 0 saturated carbocycles. The average molecular weight is 223 g/mol. The zero-order chi connectivity index (χ0) is 12.1. The highest BCUT2D eigenvalue weighted by molar-refractivity contribution is 5.96. The first-order chi connectivity index (χ1) is 7.60. The smallest absolute Gasteiger partial charge is 0.251 e. The minimum absolute atomic E-state index is 0.0832. The second kappa shape index (κ2) is 5.51. The van der Waals surface area contributed by atoms with Gasteiger partial charge < -0.3 is 15.5 Å². The summed E-state index contributed by atoms with van der Waals surface area (Å²) in [6.45, 7) is 3.49. The number of hydrogen-bond acceptors (Lipinski definition) is 3. The third-order valence-corrected chi connectivity index (χ3v) is 2.60. The average Bonchev–Trinajstić information content (AvgIpc) is 2.29. The van der Waals surface area contributed by atoms with Crippen LogP contribution in [0.3, 0.4) is 0 Å². The molecule has 0 heterocycles. The highest BCUT2D eigenvalue weighted by atomic mass is 16.3. The lowest BCUT2D eigenvalue weighted by molar-refractivity contribution is 0.0914. The van der Waals surface area contributed by atoms with Crippen molar-refractivity contribution in [3.63, 3.8) is 0 Å². The van der Waals surface area contributed by atoms with Crippen molar-refractivity contribution in [2.45, 2.75) is 26.3 Å². The number of phenols is 1. The second-order valence-electron chi connectivity index (χ2n) is 3.71. The zero-order valence-corrected chi connectivity index (χ0v) is 9.53. The quantitative estimate of drug-likeness (QED) is 0.718. The molecule has 0 aliphatic heterocycles. The molecular weight excluding hydrogens is 206 g/mol. The van der Waals surface area contributed by atoms with E-state index in [2.05, 4.69) is 5.32 Å². The van der Waals surface area contributed by atoms with Gasteiger partial charge in [-0.25, -0.2) is 0 Å². The van der Waals surface area contributed by atoms with Crippen LogP contribution in [0.4, 0.5) is 0 Å². The lowest BCUT2D eigenvalue weighted by Gasteiger charge is -2.15. The molecule has 16 heavy (non-hydrogen) atoms. The summed E-state index contributed by atoms with van der Waals surface area (Å²) >= 11 is 0. The van der Waals surface area contributed by atoms with E-state index in [1.54, 1.807) is 19.1 Å². The number of hydrogen-bond donors (Lipinski definition) is 3. The number of carbonyl (C=O) groups excluding carboxylic acids is 1. The molecule has 1 aromatic rings. The van der Waals surface area contributed by atoms with Crippen LogP contribution in [0.25, 0.3) is 0 Å². The maximum Gasteiger partial charge on any atom is 0.251 e. The Labute approximate surface area is 94.9 Å². The minimum Gasteiger partial charge on any atom is -0.508 e. The number of carbonyl (C=O) groups is 1. The molecule has 1 aromatic carbocycles. The molecule has 1 rings (SSSR count). The van der Waals surface area contributed by atoms with E-state index in [9.17, 15) is 9.90 Å². The number of nitrogens with one attached hydrogen (secondary N) is 1. The fourth-order valence-corrected chi connectivity index (χ4v) is 1.41. The van der Waals surface area contributed by atoms with Crippen LogP contribution in [0.1, 0.15) is 29.3 Å². The van der Waals surface area contributed by atoms with Gasteiger partial charge >= 0.3 is 0 Å². The summed E-state index contributed by atoms with van der Waals surface area (Å²) in [6, 6.07) is 4.57. The third-order valence-electron chi connectivity index (χ3n) is 2.60. The van der Waals surface area contributed by atoms with Crippen LogP contribution in [0, 0.1) is 6.92 Å². The van der Waals surface area contributed by atoms with Gasteiger partial charge in [0, 0.05) is 11.1 Å². The molecule has 0 aromatic heterocycles. The Morgan fingerprint density at radius 1 is 1.50 bits per heavy atom. The Hall–Kier alpha value is -1.55. The fraction of sp³-hybridized carbons (Fsp3) is 0.417. The van der Waals surface area contributed by atoms with E-state index in [1.165, 1.54) is 6.07 Å². The van der Waals surface area contributed by atoms with E-state index in [1.807, 2.05) is 6.92 Å². The summed E-state index contributed by atoms with van der Waals surface area (Å²) in [5.74, 6) is -0.168. The number of benzene rings is 1. The molecule has 0 unspecified atom stereocenters. The largest absolute Gasteiger partial charge is 0.508 e. The SMILES string of the molecule is CC[C@@H](CO)NC(=O)c1cccc(O)c1C. The van der Waals surface area contributed by atoms with E-state index in [-0.39, 0.29) is 24.3 Å². The van der Waals surface area contributed by atoms with Crippen LogP contribution in [0.2, 0.25) is 0 Å². The van der Waals surface area contributed by atoms with E-state index in [0.29, 0.717) is 17.5 Å². The lowest BCUT2D eigenvalue weighted by Crippen LogP contribution is -2.37. The normalized spacial score (nSPS) is 12.2. The molecule has 0 bridgehead atoms. The van der Waals surface area contributed by atoms with Gasteiger partial charge in [0.1, 0.15) is 5.75 Å². The van der Waals surface area contributed by atoms with Crippen LogP contribution < -0.4 is 5.32 Å². The van der Waals surface area contributed by atoms with Crippen molar-refractivity contribution in [1.29, 1.82) is 0 Å². The van der Waals surface area contributed by atoms with Crippen molar-refractivity contribution in [1.82, 2.24) is 5.32 Å². The van der Waals surface area contributed by atoms with Crippen LogP contribution in [-0.4, -0.2) is 28.8 Å². The van der Waals surface area contributed by atoms with E-state index in [4.69, 9.17) is 5.11 Å². The maximum atomic E-state index is 11.8. The Morgan fingerprint density at radius 3 is 2.75 bits per heavy atom. The summed E-state index contributed by atoms with van der Waals surface area (Å²) in [5, 5.41) is 21.2. The van der Waals surface area contributed by atoms with E-state index >= 15 is 0 Å². The van der Waals surface area contributed by atoms with Crippen LogP contribution in [-0.2, 0) is 0 Å². The van der Waals surface area contributed by atoms with Gasteiger partial charge in [0.2, 0.25) is 0 Å². The van der Waals surface area contributed by atoms with Gasteiger partial charge in [-0.3, -0.25) is 4.79 Å². The molecule has 4 nitrogen and oxygen atoms in total. The van der Waals surface area contributed by atoms with Crippen LogP contribution in [0.15, 0.2) is 18.2 Å². The van der Waals surface area contributed by atoms with Gasteiger partial charge in [0.15, 0.2) is 0 Å². The first-order valence-electron chi connectivity index (χ1n) is 5.30. The second-order valence-corrected chi connectivity index (χ2v) is 3.71. The predicted molar refractivity (Wildman–Crippen MR) is 61.5 cm³/mol. The molecule has 0 saturated heterocycles. The van der Waals surface area contributed by atoms with Crippen molar-refractivity contribution in [2.24, 2.45) is 0 Å². The highest BCUT2D eigenvalue weighted by Crippen LogP contribution is 2.19. The Kier molecular flexibility index (Phi) is 4.31. The molecule has 0 spiro atoms. The van der Waals surface area contributed by atoms with Crippen LogP contribution in [0.5, 0.6) is 5.75 Å². The molecule has 3 N–H and O–H groups in total. The monoisotopic (exact) mass is 223 g/mol. The number of aliphatic hydroxyl groups is 1. The van der Waals surface area contributed by atoms with Crippen LogP contribution >= 0.6 is 0 Å². The molecule has 1 atom stereocenters. The van der Waals surface area contributed by atoms with Crippen molar-refractivity contribution in [3.8, 4) is 5.75 Å². The topological polar surface area (TPSA) is 69.6 Å². The molecule has 0 aliphatic rings. The molecule has 0 radical (unpaired) electrons. The highest BCUT2D eigenvalue weighted by Gasteiger charge is 2.14. The fourth-order valence-electron chi connectivity index (χ4n) is 1.41. The molecule has 0 fully saturated rings. The number of phenolic OH excluding ortho intramolecular Hbond substituents is 1. The molecule has 4 heteroatoms. The minimum atomic E-state index is -0.269. The van der Waals surface area contributed by atoms with Gasteiger partial charge in [-0.15, -0.1) is 0 Å². The first-order valence-corrected chi connectivity index (χ1v) is 5.30. The van der Waals surface area contributed by atoms with E-state index in [0.717, 1.165) is 0 Å². The molecule has 88 valence electrons. The van der Waals surface area contributed by atoms with Gasteiger partial charge in [-0.1, -0.05) is 13.0 Å². The lowest BCUT2D eigenvalue weighted by atomic mass is 10.1. The predicted octanol–water partition coefficient (Wildman–Crippen LogP) is 1.20. The molecular formula is C12H17NO3. The zero-order valence-electron chi connectivity index (χ0n) is 9.53. The number of amides is 1. The Morgan fingerprint density at radius 2 is 2.19 bits per heavy atom. The summed E-state index contributed by atoms with van der Waals surface area (Å²) in [7, 11) is 0. The first kappa shape index (κ1) is 12.5. The Balaban J connectivity index is 2.84. The third kappa shape index (κ3) is 2.73. The van der Waals surface area contributed by atoms with Crippen molar-refractivity contribution >= 4 is 5.91 Å². The van der Waals surface area contributed by atoms with Crippen molar-refractivity contribution < 1.29 is 15.0 Å². The van der Waals surface area contributed by atoms with Gasteiger partial charge in [-0.2, -0.15) is 0 Å². The summed E-state index contributed by atoms with van der Waals surface area (Å²) in [5.41, 5.74) is 0.986. The van der Waals surface area contributed by atoms with Gasteiger partial charge in [0.25, 0.3) is 5.91 Å². The standard InChI is InChI=1S/C12H17NO3/c1-3-9(7-14)13-12(16)10-5-4-6-11(15)8(10)2/h4-6,9,14-15H,3,7H2,1-2H3,(H,13,16)/t9-/m0/s1. The van der Waals surface area contributed by atoms with Crippen molar-refractivity contribution in [3.05, 3.63) is 29.3 Å².